The van der Waals surface area contributed by atoms with Crippen LogP contribution in [0, 0.1) is 6.92 Å². The van der Waals surface area contributed by atoms with E-state index in [-0.39, 0.29) is 12.0 Å². The second-order valence-electron chi connectivity index (χ2n) is 5.80. The van der Waals surface area contributed by atoms with E-state index < -0.39 is 0 Å². The zero-order valence-electron chi connectivity index (χ0n) is 13.5. The van der Waals surface area contributed by atoms with E-state index in [1.54, 1.807) is 23.3 Å². The molecule has 2 aromatic heterocycles. The molecule has 1 amide bonds. The van der Waals surface area contributed by atoms with Crippen molar-refractivity contribution in [3.63, 3.8) is 0 Å². The molecule has 1 saturated heterocycles. The Morgan fingerprint density at radius 2 is 2.26 bits per heavy atom. The molecule has 7 nitrogen and oxygen atoms in total. The van der Waals surface area contributed by atoms with Gasteiger partial charge in [0.25, 0.3) is 5.91 Å². The minimum atomic E-state index is -0.0383. The first kappa shape index (κ1) is 15.6. The predicted octanol–water partition coefficient (Wildman–Crippen LogP) is 0.992. The van der Waals surface area contributed by atoms with E-state index in [0.717, 1.165) is 24.2 Å². The lowest BCUT2D eigenvalue weighted by atomic mass is 10.1. The number of ether oxygens (including phenoxy) is 1. The summed E-state index contributed by atoms with van der Waals surface area (Å²) >= 11 is 0. The second kappa shape index (κ2) is 6.87. The molecule has 0 aromatic carbocycles. The van der Waals surface area contributed by atoms with Gasteiger partial charge in [0.05, 0.1) is 12.7 Å². The van der Waals surface area contributed by atoms with Gasteiger partial charge in [0.1, 0.15) is 6.33 Å². The van der Waals surface area contributed by atoms with Gasteiger partial charge in [-0.15, -0.1) is 0 Å². The zero-order valence-corrected chi connectivity index (χ0v) is 13.5. The first-order valence-corrected chi connectivity index (χ1v) is 7.79. The van der Waals surface area contributed by atoms with Crippen molar-refractivity contribution in [3.8, 4) is 0 Å². The van der Waals surface area contributed by atoms with Crippen molar-refractivity contribution in [1.29, 1.82) is 0 Å². The van der Waals surface area contributed by atoms with Gasteiger partial charge in [-0.05, 0) is 25.8 Å². The van der Waals surface area contributed by atoms with Gasteiger partial charge in [0.2, 0.25) is 0 Å². The molecular weight excluding hydrogens is 294 g/mol. The summed E-state index contributed by atoms with van der Waals surface area (Å²) in [7, 11) is 1.83. The summed E-state index contributed by atoms with van der Waals surface area (Å²) in [5.74, 6) is 0.431. The quantitative estimate of drug-likeness (QED) is 0.841. The topological polar surface area (TPSA) is 73.1 Å². The van der Waals surface area contributed by atoms with E-state index >= 15 is 0 Å². The van der Waals surface area contributed by atoms with Crippen LogP contribution < -0.4 is 0 Å². The molecule has 0 aliphatic carbocycles. The smallest absolute Gasteiger partial charge is 0.290 e. The number of carbonyl (C=O) groups is 1. The lowest BCUT2D eigenvalue weighted by molar-refractivity contribution is -0.0251. The maximum atomic E-state index is 12.5. The van der Waals surface area contributed by atoms with Crippen molar-refractivity contribution in [1.82, 2.24) is 24.4 Å². The molecule has 3 rings (SSSR count). The molecule has 0 bridgehead atoms. The van der Waals surface area contributed by atoms with Crippen LogP contribution in [0.3, 0.4) is 0 Å². The van der Waals surface area contributed by atoms with Crippen LogP contribution in [0.5, 0.6) is 0 Å². The third kappa shape index (κ3) is 3.73. The summed E-state index contributed by atoms with van der Waals surface area (Å²) in [6.07, 6.45) is 6.69. The number of aryl methyl sites for hydroxylation is 3. The molecule has 0 N–H and O–H groups in total. The molecule has 122 valence electrons. The first-order valence-electron chi connectivity index (χ1n) is 7.79. The van der Waals surface area contributed by atoms with E-state index in [4.69, 9.17) is 4.74 Å². The Kier molecular flexibility index (Phi) is 4.66. The first-order chi connectivity index (χ1) is 11.1. The van der Waals surface area contributed by atoms with E-state index in [1.807, 2.05) is 24.9 Å². The van der Waals surface area contributed by atoms with Crippen LogP contribution in [-0.2, 0) is 18.2 Å². The monoisotopic (exact) mass is 315 g/mol. The van der Waals surface area contributed by atoms with Gasteiger partial charge in [-0.1, -0.05) is 0 Å². The highest BCUT2D eigenvalue weighted by atomic mass is 16.5. The zero-order chi connectivity index (χ0) is 16.2. The van der Waals surface area contributed by atoms with Crippen LogP contribution in [0.15, 0.2) is 24.8 Å². The summed E-state index contributed by atoms with van der Waals surface area (Å²) in [5, 5.41) is 0. The predicted molar refractivity (Wildman–Crippen MR) is 83.9 cm³/mol. The fourth-order valence-electron chi connectivity index (χ4n) is 2.75. The van der Waals surface area contributed by atoms with E-state index in [0.29, 0.717) is 25.5 Å². The maximum absolute atomic E-state index is 12.5. The van der Waals surface area contributed by atoms with Crippen LogP contribution in [-0.4, -0.2) is 56.1 Å². The Morgan fingerprint density at radius 1 is 1.39 bits per heavy atom. The molecule has 1 aliphatic rings. The number of morpholine rings is 1. The number of carbonyl (C=O) groups excluding carboxylic acids is 1. The molecule has 0 spiro atoms. The Labute approximate surface area is 135 Å². The Morgan fingerprint density at radius 3 is 3.00 bits per heavy atom. The van der Waals surface area contributed by atoms with Crippen molar-refractivity contribution >= 4 is 5.91 Å². The van der Waals surface area contributed by atoms with Crippen molar-refractivity contribution in [2.24, 2.45) is 7.05 Å². The summed E-state index contributed by atoms with van der Waals surface area (Å²) in [5.41, 5.74) is 1.97. The van der Waals surface area contributed by atoms with Crippen molar-refractivity contribution in [2.45, 2.75) is 25.9 Å². The van der Waals surface area contributed by atoms with Crippen LogP contribution in [0.4, 0.5) is 0 Å². The van der Waals surface area contributed by atoms with Crippen LogP contribution >= 0.6 is 0 Å². The Hall–Kier alpha value is -2.28. The Balaban J connectivity index is 1.58. The van der Waals surface area contributed by atoms with Crippen LogP contribution in [0.1, 0.15) is 28.4 Å². The van der Waals surface area contributed by atoms with E-state index in [9.17, 15) is 4.79 Å². The summed E-state index contributed by atoms with van der Waals surface area (Å²) < 4.78 is 7.54. The van der Waals surface area contributed by atoms with Crippen LogP contribution in [0.25, 0.3) is 0 Å². The van der Waals surface area contributed by atoms with Gasteiger partial charge in [-0.3, -0.25) is 4.79 Å². The number of nitrogens with zero attached hydrogens (tertiary/aromatic N) is 5. The third-order valence-electron chi connectivity index (χ3n) is 4.02. The molecule has 1 aliphatic heterocycles. The fourth-order valence-corrected chi connectivity index (χ4v) is 2.75. The number of aromatic nitrogens is 4. The van der Waals surface area contributed by atoms with Gasteiger partial charge >= 0.3 is 0 Å². The molecule has 23 heavy (non-hydrogen) atoms. The number of hydrogen-bond acceptors (Lipinski definition) is 5. The minimum Gasteiger partial charge on any atom is -0.375 e. The highest BCUT2D eigenvalue weighted by molar-refractivity contribution is 5.90. The normalized spacial score (nSPS) is 18.2. The molecule has 1 fully saturated rings. The molecule has 0 unspecified atom stereocenters. The van der Waals surface area contributed by atoms with Gasteiger partial charge in [-0.2, -0.15) is 0 Å². The van der Waals surface area contributed by atoms with Gasteiger partial charge < -0.3 is 14.2 Å². The minimum absolute atomic E-state index is 0.0308. The molecule has 7 heteroatoms. The number of amides is 1. The number of hydrogen-bond donors (Lipinski definition) is 0. The SMILES string of the molecule is Cc1cc(CC[C@@H]2CN(C(=O)c3nccn3C)CCO2)ncn1. The van der Waals surface area contributed by atoms with Gasteiger partial charge in [-0.25, -0.2) is 15.0 Å². The largest absolute Gasteiger partial charge is 0.375 e. The second-order valence-corrected chi connectivity index (χ2v) is 5.80. The number of rotatable bonds is 4. The highest BCUT2D eigenvalue weighted by Gasteiger charge is 2.26. The van der Waals surface area contributed by atoms with Crippen molar-refractivity contribution < 1.29 is 9.53 Å². The lowest BCUT2D eigenvalue weighted by Gasteiger charge is -2.32. The van der Waals surface area contributed by atoms with Crippen molar-refractivity contribution in [2.75, 3.05) is 19.7 Å². The average Bonchev–Trinajstić information content (AvgIpc) is 2.99. The molecule has 0 radical (unpaired) electrons. The highest BCUT2D eigenvalue weighted by Crippen LogP contribution is 2.14. The average molecular weight is 315 g/mol. The molecule has 0 saturated carbocycles. The number of imidazole rings is 1. The molecule has 2 aromatic rings. The summed E-state index contributed by atoms with van der Waals surface area (Å²) in [6.45, 7) is 3.71. The van der Waals surface area contributed by atoms with Gasteiger partial charge in [0.15, 0.2) is 5.82 Å². The Bertz CT molecular complexity index is 685. The molecule has 1 atom stereocenters. The fraction of sp³-hybridized carbons (Fsp3) is 0.500. The third-order valence-corrected chi connectivity index (χ3v) is 4.02. The lowest BCUT2D eigenvalue weighted by Crippen LogP contribution is -2.46. The van der Waals surface area contributed by atoms with E-state index in [2.05, 4.69) is 15.0 Å². The summed E-state index contributed by atoms with van der Waals surface area (Å²) in [4.78, 5) is 26.8. The van der Waals surface area contributed by atoms with E-state index in [1.165, 1.54) is 0 Å². The van der Waals surface area contributed by atoms with Gasteiger partial charge in [0, 0.05) is 43.9 Å². The van der Waals surface area contributed by atoms with Crippen molar-refractivity contribution in [3.05, 3.63) is 42.0 Å². The molecular formula is C16H21N5O2. The van der Waals surface area contributed by atoms with Crippen LogP contribution in [0.2, 0.25) is 0 Å². The summed E-state index contributed by atoms with van der Waals surface area (Å²) in [6, 6.07) is 1.99. The maximum Gasteiger partial charge on any atom is 0.290 e. The standard InChI is InChI=1S/C16H21N5O2/c1-12-9-13(19-11-18-12)3-4-14-10-21(7-8-23-14)16(22)15-17-5-6-20(15)2/h5-6,9,11,14H,3-4,7-8,10H2,1-2H3/t14-/m1/s1. The molecule has 3 heterocycles.